The first-order chi connectivity index (χ1) is 12.6. The van der Waals surface area contributed by atoms with Crippen LogP contribution in [0.4, 0.5) is 5.69 Å². The van der Waals surface area contributed by atoms with Crippen molar-refractivity contribution >= 4 is 35.1 Å². The molecule has 0 saturated carbocycles. The van der Waals surface area contributed by atoms with E-state index in [4.69, 9.17) is 0 Å². The molecule has 0 fully saturated rings. The molecule has 0 aliphatic rings. The van der Waals surface area contributed by atoms with Gasteiger partial charge in [0.1, 0.15) is 10.6 Å². The zero-order valence-corrected chi connectivity index (χ0v) is 15.9. The standard InChI is InChI=1S/C19H17N3O2S2/c1-25-14-10-8-13(9-11-14)20-17(23)15-18(24)21-16(22-19(15)26-2)12-6-4-3-5-7-12/h3-11H,1-2H3,(H,20,23)(H,21,22,24). The lowest BCUT2D eigenvalue weighted by atomic mass is 10.2. The van der Waals surface area contributed by atoms with Crippen molar-refractivity contribution in [1.82, 2.24) is 9.97 Å². The van der Waals surface area contributed by atoms with E-state index < -0.39 is 5.91 Å². The molecule has 7 heteroatoms. The van der Waals surface area contributed by atoms with Gasteiger partial charge in [0.05, 0.1) is 0 Å². The topological polar surface area (TPSA) is 75.1 Å². The van der Waals surface area contributed by atoms with E-state index >= 15 is 0 Å². The van der Waals surface area contributed by atoms with Gasteiger partial charge in [-0.1, -0.05) is 30.3 Å². The average Bonchev–Trinajstić information content (AvgIpc) is 2.68. The first-order valence-electron chi connectivity index (χ1n) is 7.78. The van der Waals surface area contributed by atoms with Crippen LogP contribution in [0.25, 0.3) is 11.4 Å². The van der Waals surface area contributed by atoms with E-state index in [-0.39, 0.29) is 11.4 Å². The second-order valence-electron chi connectivity index (χ2n) is 5.30. The Morgan fingerprint density at radius 3 is 2.27 bits per heavy atom. The van der Waals surface area contributed by atoms with Crippen molar-refractivity contribution in [2.45, 2.75) is 9.92 Å². The van der Waals surface area contributed by atoms with Crippen LogP contribution in [0.2, 0.25) is 0 Å². The molecule has 1 amide bonds. The normalized spacial score (nSPS) is 10.5. The number of aromatic hydroxyl groups is 1. The van der Waals surface area contributed by atoms with Crippen LogP contribution in [0.1, 0.15) is 10.4 Å². The Labute approximate surface area is 160 Å². The molecule has 0 unspecified atom stereocenters. The van der Waals surface area contributed by atoms with Crippen LogP contribution in [-0.2, 0) is 0 Å². The van der Waals surface area contributed by atoms with Gasteiger partial charge < -0.3 is 10.4 Å². The summed E-state index contributed by atoms with van der Waals surface area (Å²) >= 11 is 2.91. The van der Waals surface area contributed by atoms with Crippen molar-refractivity contribution in [3.63, 3.8) is 0 Å². The second kappa shape index (κ2) is 8.25. The molecule has 0 spiro atoms. The monoisotopic (exact) mass is 383 g/mol. The number of hydrogen-bond acceptors (Lipinski definition) is 6. The Balaban J connectivity index is 1.92. The largest absolute Gasteiger partial charge is 0.493 e. The van der Waals surface area contributed by atoms with Gasteiger partial charge in [-0.2, -0.15) is 4.98 Å². The number of rotatable bonds is 5. The Kier molecular flexibility index (Phi) is 5.80. The van der Waals surface area contributed by atoms with Gasteiger partial charge in [0, 0.05) is 16.1 Å². The third-order valence-electron chi connectivity index (χ3n) is 3.66. The summed E-state index contributed by atoms with van der Waals surface area (Å²) in [6.07, 6.45) is 3.79. The summed E-state index contributed by atoms with van der Waals surface area (Å²) in [4.78, 5) is 22.3. The quantitative estimate of drug-likeness (QED) is 0.497. The van der Waals surface area contributed by atoms with Gasteiger partial charge in [-0.25, -0.2) is 4.98 Å². The SMILES string of the molecule is CSc1ccc(NC(=O)c2c(O)nc(-c3ccccc3)nc2SC)cc1. The van der Waals surface area contributed by atoms with Crippen molar-refractivity contribution in [1.29, 1.82) is 0 Å². The Morgan fingerprint density at radius 1 is 0.962 bits per heavy atom. The fourth-order valence-electron chi connectivity index (χ4n) is 2.36. The molecule has 0 atom stereocenters. The van der Waals surface area contributed by atoms with Gasteiger partial charge in [0.2, 0.25) is 5.88 Å². The smallest absolute Gasteiger partial charge is 0.263 e. The first-order valence-corrected chi connectivity index (χ1v) is 10.2. The molecular weight excluding hydrogens is 366 g/mol. The molecule has 0 aliphatic carbocycles. The van der Waals surface area contributed by atoms with Crippen LogP contribution in [-0.4, -0.2) is 33.5 Å². The molecule has 0 aliphatic heterocycles. The predicted molar refractivity (Wildman–Crippen MR) is 107 cm³/mol. The predicted octanol–water partition coefficient (Wildman–Crippen LogP) is 4.55. The Hall–Kier alpha value is -2.51. The van der Waals surface area contributed by atoms with Crippen LogP contribution in [0, 0.1) is 0 Å². The molecule has 1 aromatic heterocycles. The van der Waals surface area contributed by atoms with E-state index in [1.165, 1.54) is 11.8 Å². The van der Waals surface area contributed by atoms with E-state index in [1.807, 2.05) is 60.9 Å². The van der Waals surface area contributed by atoms with Crippen LogP contribution in [0.3, 0.4) is 0 Å². The lowest BCUT2D eigenvalue weighted by Crippen LogP contribution is -2.15. The van der Waals surface area contributed by atoms with E-state index in [9.17, 15) is 9.90 Å². The maximum atomic E-state index is 12.6. The Morgan fingerprint density at radius 2 is 1.65 bits per heavy atom. The molecule has 2 N–H and O–H groups in total. The maximum absolute atomic E-state index is 12.6. The molecule has 3 aromatic rings. The highest BCUT2D eigenvalue weighted by atomic mass is 32.2. The van der Waals surface area contributed by atoms with Gasteiger partial charge in [-0.15, -0.1) is 23.5 Å². The van der Waals surface area contributed by atoms with Crippen LogP contribution < -0.4 is 5.32 Å². The van der Waals surface area contributed by atoms with E-state index in [0.29, 0.717) is 16.5 Å². The number of nitrogens with one attached hydrogen (secondary N) is 1. The molecular formula is C19H17N3O2S2. The van der Waals surface area contributed by atoms with E-state index in [2.05, 4.69) is 15.3 Å². The number of thioether (sulfide) groups is 2. The lowest BCUT2D eigenvalue weighted by molar-refractivity contribution is 0.102. The summed E-state index contributed by atoms with van der Waals surface area (Å²) in [6, 6.07) is 16.8. The van der Waals surface area contributed by atoms with Crippen molar-refractivity contribution < 1.29 is 9.90 Å². The van der Waals surface area contributed by atoms with Crippen molar-refractivity contribution in [3.8, 4) is 17.3 Å². The number of amides is 1. The van der Waals surface area contributed by atoms with Crippen LogP contribution in [0.5, 0.6) is 5.88 Å². The zero-order valence-electron chi connectivity index (χ0n) is 14.3. The zero-order chi connectivity index (χ0) is 18.5. The van der Waals surface area contributed by atoms with Gasteiger partial charge >= 0.3 is 0 Å². The maximum Gasteiger partial charge on any atom is 0.263 e. The highest BCUT2D eigenvalue weighted by Crippen LogP contribution is 2.29. The van der Waals surface area contributed by atoms with Gasteiger partial charge in [-0.05, 0) is 36.8 Å². The molecule has 1 heterocycles. The number of carbonyl (C=O) groups is 1. The lowest BCUT2D eigenvalue weighted by Gasteiger charge is -2.11. The molecule has 0 saturated heterocycles. The molecule has 26 heavy (non-hydrogen) atoms. The van der Waals surface area contributed by atoms with Crippen molar-refractivity contribution in [3.05, 3.63) is 60.2 Å². The third-order valence-corrected chi connectivity index (χ3v) is 5.08. The van der Waals surface area contributed by atoms with Gasteiger partial charge in [-0.3, -0.25) is 4.79 Å². The summed E-state index contributed by atoms with van der Waals surface area (Å²) < 4.78 is 0. The average molecular weight is 383 g/mol. The second-order valence-corrected chi connectivity index (χ2v) is 6.98. The van der Waals surface area contributed by atoms with E-state index in [0.717, 1.165) is 10.5 Å². The summed E-state index contributed by atoms with van der Waals surface area (Å²) in [6.45, 7) is 0. The number of hydrogen-bond donors (Lipinski definition) is 2. The number of aromatic nitrogens is 2. The third kappa shape index (κ3) is 4.00. The highest BCUT2D eigenvalue weighted by Gasteiger charge is 2.21. The summed E-state index contributed by atoms with van der Waals surface area (Å²) in [5.74, 6) is -0.391. The van der Waals surface area contributed by atoms with Crippen LogP contribution >= 0.6 is 23.5 Å². The summed E-state index contributed by atoms with van der Waals surface area (Å²) in [5, 5.41) is 13.6. The first kappa shape index (κ1) is 18.3. The number of nitrogens with zero attached hydrogens (tertiary/aromatic N) is 2. The minimum absolute atomic E-state index is 0.0751. The van der Waals surface area contributed by atoms with Crippen molar-refractivity contribution in [2.24, 2.45) is 0 Å². The number of benzene rings is 2. The summed E-state index contributed by atoms with van der Waals surface area (Å²) in [7, 11) is 0. The fraction of sp³-hybridized carbons (Fsp3) is 0.105. The number of anilines is 1. The van der Waals surface area contributed by atoms with Gasteiger partial charge in [0.15, 0.2) is 5.82 Å². The molecule has 0 bridgehead atoms. The van der Waals surface area contributed by atoms with E-state index in [1.54, 1.807) is 18.0 Å². The summed E-state index contributed by atoms with van der Waals surface area (Å²) in [5.41, 5.74) is 1.50. The molecule has 5 nitrogen and oxygen atoms in total. The molecule has 132 valence electrons. The van der Waals surface area contributed by atoms with Crippen LogP contribution in [0.15, 0.2) is 64.5 Å². The fourth-order valence-corrected chi connectivity index (χ4v) is 3.33. The molecule has 0 radical (unpaired) electrons. The minimum atomic E-state index is -0.441. The minimum Gasteiger partial charge on any atom is -0.493 e. The molecule has 2 aromatic carbocycles. The number of carbonyl (C=O) groups excluding carboxylic acids is 1. The highest BCUT2D eigenvalue weighted by molar-refractivity contribution is 7.98. The van der Waals surface area contributed by atoms with Crippen molar-refractivity contribution in [2.75, 3.05) is 17.8 Å². The van der Waals surface area contributed by atoms with Gasteiger partial charge in [0.25, 0.3) is 5.91 Å². The Bertz CT molecular complexity index is 916. The molecule has 3 rings (SSSR count).